The smallest absolute Gasteiger partial charge is 0.328 e. The summed E-state index contributed by atoms with van der Waals surface area (Å²) in [5.41, 5.74) is 6.41. The summed E-state index contributed by atoms with van der Waals surface area (Å²) in [5, 5.41) is 2.60. The molecule has 0 fully saturated rings. The lowest BCUT2D eigenvalue weighted by Gasteiger charge is -2.11. The first-order valence-electron chi connectivity index (χ1n) is 11.5. The third-order valence-corrected chi connectivity index (χ3v) is 7.08. The number of aryl methyl sites for hydroxylation is 3. The largest absolute Gasteiger partial charge is 0.377 e. The van der Waals surface area contributed by atoms with Crippen molar-refractivity contribution in [2.75, 3.05) is 13.7 Å². The molecule has 4 aromatic rings. The van der Waals surface area contributed by atoms with E-state index in [0.29, 0.717) is 13.0 Å². The van der Waals surface area contributed by atoms with Crippen LogP contribution >= 0.6 is 0 Å². The van der Waals surface area contributed by atoms with Gasteiger partial charge >= 0.3 is 6.03 Å². The van der Waals surface area contributed by atoms with Crippen molar-refractivity contribution < 1.29 is 17.9 Å². The van der Waals surface area contributed by atoms with Gasteiger partial charge in [-0.3, -0.25) is 4.57 Å². The zero-order chi connectivity index (χ0) is 25.9. The zero-order valence-electron chi connectivity index (χ0n) is 20.7. The normalized spacial score (nSPS) is 11.6. The number of carbonyl (C=O) groups excluding carboxylic acids is 1. The van der Waals surface area contributed by atoms with Gasteiger partial charge in [0.1, 0.15) is 17.9 Å². The Hall–Kier alpha value is -3.76. The number of sulfonamides is 1. The van der Waals surface area contributed by atoms with E-state index in [1.54, 1.807) is 19.2 Å². The number of benzene rings is 2. The molecule has 36 heavy (non-hydrogen) atoms. The third-order valence-electron chi connectivity index (χ3n) is 5.73. The quantitative estimate of drug-likeness (QED) is 0.376. The number of amides is 2. The Bertz CT molecular complexity index is 1490. The highest BCUT2D eigenvalue weighted by Gasteiger charge is 2.18. The van der Waals surface area contributed by atoms with E-state index in [9.17, 15) is 13.2 Å². The summed E-state index contributed by atoms with van der Waals surface area (Å²) in [7, 11) is -2.29. The summed E-state index contributed by atoms with van der Waals surface area (Å²) in [5.74, 6) is 0.759. The molecule has 0 atom stereocenters. The monoisotopic (exact) mass is 507 g/mol. The van der Waals surface area contributed by atoms with Gasteiger partial charge in [0.15, 0.2) is 5.65 Å². The lowest BCUT2D eigenvalue weighted by atomic mass is 10.1. The molecule has 0 aliphatic heterocycles. The van der Waals surface area contributed by atoms with Crippen LogP contribution < -0.4 is 10.0 Å². The van der Waals surface area contributed by atoms with Gasteiger partial charge in [-0.1, -0.05) is 29.8 Å². The highest BCUT2D eigenvalue weighted by atomic mass is 32.2. The lowest BCUT2D eigenvalue weighted by Crippen LogP contribution is -2.40. The highest BCUT2D eigenvalue weighted by molar-refractivity contribution is 7.90. The Balaban J connectivity index is 1.42. The summed E-state index contributed by atoms with van der Waals surface area (Å²) >= 11 is 0. The fourth-order valence-corrected chi connectivity index (χ4v) is 4.90. The topological polar surface area (TPSA) is 115 Å². The molecule has 0 bridgehead atoms. The molecule has 4 rings (SSSR count). The van der Waals surface area contributed by atoms with E-state index in [-0.39, 0.29) is 11.4 Å². The Morgan fingerprint density at radius 3 is 2.36 bits per heavy atom. The van der Waals surface area contributed by atoms with E-state index >= 15 is 0 Å². The number of hydrogen-bond acceptors (Lipinski definition) is 6. The van der Waals surface area contributed by atoms with Crippen molar-refractivity contribution in [1.29, 1.82) is 0 Å². The number of rotatable bonds is 8. The predicted octanol–water partition coefficient (Wildman–Crippen LogP) is 3.72. The summed E-state index contributed by atoms with van der Waals surface area (Å²) < 4.78 is 34.1. The molecule has 2 amide bonds. The molecule has 0 saturated carbocycles. The molecule has 9 nitrogen and oxygen atoms in total. The summed E-state index contributed by atoms with van der Waals surface area (Å²) in [6, 6.07) is 15.4. The first-order chi connectivity index (χ1) is 17.2. The van der Waals surface area contributed by atoms with Gasteiger partial charge in [0, 0.05) is 25.0 Å². The van der Waals surface area contributed by atoms with Crippen molar-refractivity contribution >= 4 is 27.2 Å². The van der Waals surface area contributed by atoms with Gasteiger partial charge in [0.25, 0.3) is 10.0 Å². The van der Waals surface area contributed by atoms with Gasteiger partial charge in [-0.2, -0.15) is 0 Å². The molecule has 0 spiro atoms. The van der Waals surface area contributed by atoms with Crippen molar-refractivity contribution in [3.8, 4) is 5.69 Å². The fourth-order valence-electron chi connectivity index (χ4n) is 3.97. The molecule has 0 saturated heterocycles. The Labute approximate surface area is 210 Å². The number of methoxy groups -OCH3 is 1. The second-order valence-corrected chi connectivity index (χ2v) is 10.3. The summed E-state index contributed by atoms with van der Waals surface area (Å²) in [6.45, 7) is 6.46. The molecule has 2 heterocycles. The molecular formula is C26H29N5O4S. The lowest BCUT2D eigenvalue weighted by molar-refractivity contribution is 0.177. The fraction of sp³-hybridized carbons (Fsp3) is 0.269. The van der Waals surface area contributed by atoms with E-state index in [1.165, 1.54) is 12.1 Å². The maximum Gasteiger partial charge on any atom is 0.328 e. The van der Waals surface area contributed by atoms with E-state index < -0.39 is 16.1 Å². The van der Waals surface area contributed by atoms with Crippen molar-refractivity contribution in [2.24, 2.45) is 0 Å². The van der Waals surface area contributed by atoms with Crippen LogP contribution in [-0.4, -0.2) is 42.6 Å². The molecule has 0 unspecified atom stereocenters. The SMILES string of the molecule is COCc1nc2c(C)cc(C)nc2n1-c1ccc(CCNC(=O)NS(=O)(=O)c2ccc(C)cc2)cc1. The number of hydrogen-bond donors (Lipinski definition) is 2. The molecule has 0 aliphatic carbocycles. The van der Waals surface area contributed by atoms with Crippen LogP contribution in [0.15, 0.2) is 59.5 Å². The Kier molecular flexibility index (Phi) is 7.37. The standard InChI is InChI=1S/C26H29N5O4S/c1-17-5-11-22(12-6-17)36(33,34)30-26(32)27-14-13-20-7-9-21(10-8-20)31-23(16-35-4)29-24-18(2)15-19(3)28-25(24)31/h5-12,15H,13-14,16H2,1-4H3,(H2,27,30,32). The maximum absolute atomic E-state index is 12.4. The first kappa shape index (κ1) is 25.3. The maximum atomic E-state index is 12.4. The molecule has 2 aromatic heterocycles. The summed E-state index contributed by atoms with van der Waals surface area (Å²) in [4.78, 5) is 21.6. The minimum absolute atomic E-state index is 0.0404. The third kappa shape index (κ3) is 5.55. The number of aromatic nitrogens is 3. The van der Waals surface area contributed by atoms with Gasteiger partial charge < -0.3 is 10.1 Å². The molecule has 0 aliphatic rings. The number of ether oxygens (including phenoxy) is 1. The molecule has 188 valence electrons. The van der Waals surface area contributed by atoms with E-state index in [2.05, 4.69) is 5.32 Å². The van der Waals surface area contributed by atoms with Gasteiger partial charge in [-0.15, -0.1) is 0 Å². The number of pyridine rings is 1. The number of nitrogens with one attached hydrogen (secondary N) is 2. The van der Waals surface area contributed by atoms with Crippen molar-refractivity contribution in [3.05, 3.63) is 82.8 Å². The Morgan fingerprint density at radius 1 is 1.00 bits per heavy atom. The van der Waals surface area contributed by atoms with Crippen LogP contribution in [0.4, 0.5) is 4.79 Å². The van der Waals surface area contributed by atoms with Crippen LogP contribution in [0.3, 0.4) is 0 Å². The molecule has 2 aromatic carbocycles. The number of imidazole rings is 1. The van der Waals surface area contributed by atoms with E-state index in [4.69, 9.17) is 14.7 Å². The molecule has 2 N–H and O–H groups in total. The second-order valence-electron chi connectivity index (χ2n) is 8.64. The van der Waals surface area contributed by atoms with Crippen LogP contribution in [0.2, 0.25) is 0 Å². The van der Waals surface area contributed by atoms with Crippen molar-refractivity contribution in [2.45, 2.75) is 38.7 Å². The Morgan fingerprint density at radius 2 is 1.69 bits per heavy atom. The summed E-state index contributed by atoms with van der Waals surface area (Å²) in [6.07, 6.45) is 0.532. The van der Waals surface area contributed by atoms with E-state index in [0.717, 1.165) is 45.1 Å². The molecule has 0 radical (unpaired) electrons. The van der Waals surface area contributed by atoms with Crippen LogP contribution in [0.25, 0.3) is 16.9 Å². The molecular weight excluding hydrogens is 478 g/mol. The van der Waals surface area contributed by atoms with Crippen LogP contribution in [-0.2, 0) is 27.8 Å². The van der Waals surface area contributed by atoms with E-state index in [1.807, 2.05) is 60.4 Å². The van der Waals surface area contributed by atoms with Gasteiger partial charge in [-0.25, -0.2) is 27.9 Å². The van der Waals surface area contributed by atoms with Crippen LogP contribution in [0.1, 0.15) is 28.2 Å². The van der Waals surface area contributed by atoms with Crippen LogP contribution in [0.5, 0.6) is 0 Å². The minimum atomic E-state index is -3.92. The average Bonchev–Trinajstić information content (AvgIpc) is 3.18. The number of nitrogens with zero attached hydrogens (tertiary/aromatic N) is 3. The average molecular weight is 508 g/mol. The minimum Gasteiger partial charge on any atom is -0.377 e. The van der Waals surface area contributed by atoms with Gasteiger partial charge in [-0.05, 0) is 68.7 Å². The highest BCUT2D eigenvalue weighted by Crippen LogP contribution is 2.24. The second kappa shape index (κ2) is 10.5. The van der Waals surface area contributed by atoms with Crippen LogP contribution in [0, 0.1) is 20.8 Å². The van der Waals surface area contributed by atoms with Crippen molar-refractivity contribution in [1.82, 2.24) is 24.6 Å². The first-order valence-corrected chi connectivity index (χ1v) is 13.0. The van der Waals surface area contributed by atoms with Crippen molar-refractivity contribution in [3.63, 3.8) is 0 Å². The van der Waals surface area contributed by atoms with Gasteiger partial charge in [0.05, 0.1) is 4.90 Å². The number of fused-ring (bicyclic) bond motifs is 1. The predicted molar refractivity (Wildman–Crippen MR) is 138 cm³/mol. The number of urea groups is 1. The van der Waals surface area contributed by atoms with Gasteiger partial charge in [0.2, 0.25) is 0 Å². The zero-order valence-corrected chi connectivity index (χ0v) is 21.5. The molecule has 10 heteroatoms. The number of carbonyl (C=O) groups is 1.